The van der Waals surface area contributed by atoms with Gasteiger partial charge in [0.05, 0.1) is 11.7 Å². The van der Waals surface area contributed by atoms with Crippen LogP contribution in [0.2, 0.25) is 0 Å². The summed E-state index contributed by atoms with van der Waals surface area (Å²) in [6.07, 6.45) is 8.68. The third-order valence-electron chi connectivity index (χ3n) is 7.73. The number of anilines is 3. The van der Waals surface area contributed by atoms with Crippen molar-refractivity contribution >= 4 is 28.4 Å². The molecule has 4 aromatic rings. The molecule has 2 unspecified atom stereocenters. The van der Waals surface area contributed by atoms with Gasteiger partial charge in [0.15, 0.2) is 23.3 Å². The normalized spacial score (nSPS) is 22.5. The van der Waals surface area contributed by atoms with Gasteiger partial charge < -0.3 is 16.0 Å². The van der Waals surface area contributed by atoms with Crippen LogP contribution in [-0.2, 0) is 0 Å². The van der Waals surface area contributed by atoms with E-state index in [0.29, 0.717) is 41.2 Å². The molecule has 11 heteroatoms. The first kappa shape index (κ1) is 22.3. The minimum Gasteiger partial charge on any atom is -0.366 e. The summed E-state index contributed by atoms with van der Waals surface area (Å²) in [6, 6.07) is 4.16. The maximum Gasteiger partial charge on any atom is 0.251 e. The zero-order valence-electron chi connectivity index (χ0n) is 19.7. The summed E-state index contributed by atoms with van der Waals surface area (Å²) < 4.78 is 41.0. The fraction of sp³-hybridized carbons (Fsp3) is 0.346. The van der Waals surface area contributed by atoms with Crippen LogP contribution in [0.4, 0.5) is 30.6 Å². The van der Waals surface area contributed by atoms with Crippen molar-refractivity contribution in [2.24, 2.45) is 11.8 Å². The summed E-state index contributed by atoms with van der Waals surface area (Å²) >= 11 is 0. The Morgan fingerprint density at radius 2 is 1.76 bits per heavy atom. The van der Waals surface area contributed by atoms with Gasteiger partial charge in [-0.1, -0.05) is 6.42 Å². The van der Waals surface area contributed by atoms with E-state index >= 15 is 0 Å². The zero-order chi connectivity index (χ0) is 25.1. The van der Waals surface area contributed by atoms with E-state index in [4.69, 9.17) is 9.97 Å². The molecule has 1 aliphatic heterocycles. The molecule has 0 amide bonds. The predicted octanol–water partition coefficient (Wildman–Crippen LogP) is 4.54. The molecule has 37 heavy (non-hydrogen) atoms. The Balaban J connectivity index is 1.28. The van der Waals surface area contributed by atoms with Crippen LogP contribution in [0.3, 0.4) is 0 Å². The van der Waals surface area contributed by atoms with E-state index in [9.17, 15) is 13.2 Å². The second kappa shape index (κ2) is 8.62. The van der Waals surface area contributed by atoms with Crippen LogP contribution in [-0.4, -0.2) is 44.1 Å². The van der Waals surface area contributed by atoms with Gasteiger partial charge in [0.1, 0.15) is 11.6 Å². The minimum absolute atomic E-state index is 0.192. The minimum atomic E-state index is -1.40. The predicted molar refractivity (Wildman–Crippen MR) is 132 cm³/mol. The van der Waals surface area contributed by atoms with Crippen molar-refractivity contribution in [2.75, 3.05) is 23.7 Å². The number of nitrogens with one attached hydrogen (secondary N) is 3. The maximum atomic E-state index is 14.1. The van der Waals surface area contributed by atoms with Gasteiger partial charge in [0.25, 0.3) is 5.95 Å². The maximum absolute atomic E-state index is 14.1. The van der Waals surface area contributed by atoms with E-state index in [0.717, 1.165) is 42.7 Å². The fourth-order valence-electron chi connectivity index (χ4n) is 5.45. The van der Waals surface area contributed by atoms with Crippen molar-refractivity contribution in [3.8, 4) is 11.4 Å². The molecule has 2 saturated carbocycles. The Kier molecular flexibility index (Phi) is 5.20. The summed E-state index contributed by atoms with van der Waals surface area (Å²) in [6.45, 7) is 2.01. The van der Waals surface area contributed by atoms with Crippen molar-refractivity contribution in [2.45, 2.75) is 31.2 Å². The molecule has 8 nitrogen and oxygen atoms in total. The Morgan fingerprint density at radius 3 is 2.54 bits per heavy atom. The molecule has 0 bridgehead atoms. The molecule has 3 fully saturated rings. The average Bonchev–Trinajstić information content (AvgIpc) is 3.26. The summed E-state index contributed by atoms with van der Waals surface area (Å²) in [4.78, 5) is 21.7. The van der Waals surface area contributed by atoms with Crippen molar-refractivity contribution < 1.29 is 13.2 Å². The summed E-state index contributed by atoms with van der Waals surface area (Å²) in [5.41, 5.74) is 2.55. The van der Waals surface area contributed by atoms with Gasteiger partial charge >= 0.3 is 0 Å². The first-order valence-corrected chi connectivity index (χ1v) is 12.4. The average molecular weight is 505 g/mol. The second-order valence-corrected chi connectivity index (χ2v) is 9.95. The largest absolute Gasteiger partial charge is 0.366 e. The first-order valence-electron chi connectivity index (χ1n) is 12.4. The Hall–Kier alpha value is -3.86. The van der Waals surface area contributed by atoms with E-state index in [1.165, 1.54) is 18.2 Å². The number of piperidine rings is 1. The van der Waals surface area contributed by atoms with E-state index < -0.39 is 23.4 Å². The molecule has 7 rings (SSSR count). The number of aromatic nitrogens is 5. The summed E-state index contributed by atoms with van der Waals surface area (Å²) in [7, 11) is 0. The Bertz CT molecular complexity index is 1520. The van der Waals surface area contributed by atoms with Crippen molar-refractivity contribution in [3.63, 3.8) is 0 Å². The SMILES string of the molecule is Fc1cc(F)c(Nc2cc(-c3nc(NC4C5CNC[C@@H]54)c4c(C5CCC5)cncc4n3)ccn2)nc1F. The van der Waals surface area contributed by atoms with Crippen LogP contribution in [0, 0.1) is 29.4 Å². The van der Waals surface area contributed by atoms with Crippen molar-refractivity contribution in [1.82, 2.24) is 30.2 Å². The second-order valence-electron chi connectivity index (χ2n) is 9.95. The molecule has 4 aromatic heterocycles. The smallest absolute Gasteiger partial charge is 0.251 e. The third kappa shape index (κ3) is 3.93. The highest BCUT2D eigenvalue weighted by Crippen LogP contribution is 2.46. The summed E-state index contributed by atoms with van der Waals surface area (Å²) in [5, 5.41) is 10.8. The van der Waals surface area contributed by atoms with Gasteiger partial charge in [-0.15, -0.1) is 0 Å². The Labute approximate surface area is 210 Å². The van der Waals surface area contributed by atoms with Gasteiger partial charge in [0.2, 0.25) is 0 Å². The molecule has 1 saturated heterocycles. The lowest BCUT2D eigenvalue weighted by atomic mass is 9.79. The molecule has 0 spiro atoms. The van der Waals surface area contributed by atoms with Gasteiger partial charge in [0, 0.05) is 48.5 Å². The zero-order valence-corrected chi connectivity index (χ0v) is 19.7. The fourth-order valence-corrected chi connectivity index (χ4v) is 5.45. The molecule has 0 radical (unpaired) electrons. The number of rotatable bonds is 6. The quantitative estimate of drug-likeness (QED) is 0.329. The van der Waals surface area contributed by atoms with Gasteiger partial charge in [-0.2, -0.15) is 9.37 Å². The number of fused-ring (bicyclic) bond motifs is 2. The first-order chi connectivity index (χ1) is 18.0. The van der Waals surface area contributed by atoms with Gasteiger partial charge in [-0.05, 0) is 48.3 Å². The molecular weight excluding hydrogens is 481 g/mol. The van der Waals surface area contributed by atoms with E-state index in [2.05, 4.69) is 30.9 Å². The van der Waals surface area contributed by atoms with Crippen LogP contribution in [0.25, 0.3) is 22.3 Å². The molecular formula is C26H23F3N8. The van der Waals surface area contributed by atoms with Crippen LogP contribution in [0.15, 0.2) is 36.8 Å². The standard InChI is InChI=1S/C26H23F3N8/c27-17-7-18(28)25(36-23(17)29)34-20-6-13(4-5-32-20)24-33-19-11-31-8-14(12-2-1-3-12)21(19)26(37-24)35-22-15-9-30-10-16(15)22/h4-8,11-12,15-16,22,30H,1-3,9-10H2,(H,32,34,36)(H,33,35,37)/t15-,16?,22?/m0/s1. The number of nitrogens with zero attached hydrogens (tertiary/aromatic N) is 5. The van der Waals surface area contributed by atoms with Gasteiger partial charge in [-0.25, -0.2) is 23.7 Å². The van der Waals surface area contributed by atoms with Crippen molar-refractivity contribution in [3.05, 3.63) is 59.9 Å². The number of pyridine rings is 3. The number of hydrogen-bond acceptors (Lipinski definition) is 8. The van der Waals surface area contributed by atoms with E-state index in [1.807, 2.05) is 6.20 Å². The van der Waals surface area contributed by atoms with Crippen molar-refractivity contribution in [1.29, 1.82) is 0 Å². The monoisotopic (exact) mass is 504 g/mol. The number of hydrogen-bond donors (Lipinski definition) is 3. The highest BCUT2D eigenvalue weighted by Gasteiger charge is 2.53. The van der Waals surface area contributed by atoms with Gasteiger partial charge in [-0.3, -0.25) is 4.98 Å². The number of halogens is 3. The lowest BCUT2D eigenvalue weighted by Gasteiger charge is -2.27. The highest BCUT2D eigenvalue weighted by molar-refractivity contribution is 5.93. The van der Waals surface area contributed by atoms with Crippen LogP contribution in [0.5, 0.6) is 0 Å². The molecule has 0 aromatic carbocycles. The Morgan fingerprint density at radius 1 is 0.919 bits per heavy atom. The molecule has 3 N–H and O–H groups in total. The van der Waals surface area contributed by atoms with E-state index in [1.54, 1.807) is 18.3 Å². The van der Waals surface area contributed by atoms with Crippen LogP contribution >= 0.6 is 0 Å². The lowest BCUT2D eigenvalue weighted by Crippen LogP contribution is -2.22. The van der Waals surface area contributed by atoms with Crippen LogP contribution in [0.1, 0.15) is 30.7 Å². The topological polar surface area (TPSA) is 101 Å². The van der Waals surface area contributed by atoms with E-state index in [-0.39, 0.29) is 5.82 Å². The molecule has 2 aliphatic carbocycles. The molecule has 3 aliphatic rings. The lowest BCUT2D eigenvalue weighted by molar-refractivity contribution is 0.421. The molecule has 5 heterocycles. The molecule has 3 atom stereocenters. The summed E-state index contributed by atoms with van der Waals surface area (Å²) in [5.74, 6) is -1.16. The third-order valence-corrected chi connectivity index (χ3v) is 7.73. The molecule has 188 valence electrons. The highest BCUT2D eigenvalue weighted by atomic mass is 19.2. The van der Waals surface area contributed by atoms with Crippen LogP contribution < -0.4 is 16.0 Å².